The molecular weight excluding hydrogens is 370 g/mol. The molecule has 2 aliphatic rings. The van der Waals surface area contributed by atoms with Crippen LogP contribution in [-0.2, 0) is 0 Å². The van der Waals surface area contributed by atoms with E-state index in [0.29, 0.717) is 12.1 Å². The van der Waals surface area contributed by atoms with Gasteiger partial charge in [-0.1, -0.05) is 26.7 Å². The van der Waals surface area contributed by atoms with Gasteiger partial charge in [0.2, 0.25) is 0 Å². The lowest BCUT2D eigenvalue weighted by Gasteiger charge is -2.35. The molecule has 1 saturated carbocycles. The normalized spacial score (nSPS) is 24.4. The topological polar surface area (TPSA) is 56.6 Å². The number of hydrogen-bond donors (Lipinski definition) is 3. The standard InChI is InChI=1S/C25H53N5/c1-21(2)5-6-23-7-9-24(10-8-23)27-14-19-29(18-13-26)20-15-28-25-11-16-30(17-12-25)22(3)4/h21-25,27-28H,5-20,26H2,1-4H3. The fourth-order valence-electron chi connectivity index (χ4n) is 5.22. The Labute approximate surface area is 187 Å². The second kappa shape index (κ2) is 14.8. The summed E-state index contributed by atoms with van der Waals surface area (Å²) < 4.78 is 0. The summed E-state index contributed by atoms with van der Waals surface area (Å²) >= 11 is 0. The van der Waals surface area contributed by atoms with Gasteiger partial charge in [-0.3, -0.25) is 4.90 Å². The van der Waals surface area contributed by atoms with E-state index in [1.54, 1.807) is 0 Å². The molecule has 0 amide bonds. The molecule has 1 saturated heterocycles. The van der Waals surface area contributed by atoms with E-state index in [-0.39, 0.29) is 0 Å². The molecule has 178 valence electrons. The first-order chi connectivity index (χ1) is 14.5. The molecule has 0 atom stereocenters. The Morgan fingerprint density at radius 3 is 1.90 bits per heavy atom. The summed E-state index contributed by atoms with van der Waals surface area (Å²) in [6.45, 7) is 18.0. The Hall–Kier alpha value is -0.200. The summed E-state index contributed by atoms with van der Waals surface area (Å²) in [7, 11) is 0. The molecule has 0 aromatic carbocycles. The van der Waals surface area contributed by atoms with Crippen molar-refractivity contribution in [2.45, 2.75) is 97.2 Å². The minimum atomic E-state index is 0.689. The number of hydrogen-bond acceptors (Lipinski definition) is 5. The molecule has 5 nitrogen and oxygen atoms in total. The molecule has 0 unspecified atom stereocenters. The molecule has 0 radical (unpaired) electrons. The van der Waals surface area contributed by atoms with Crippen LogP contribution in [0.15, 0.2) is 0 Å². The van der Waals surface area contributed by atoms with E-state index >= 15 is 0 Å². The molecular formula is C25H53N5. The molecule has 0 aromatic rings. The van der Waals surface area contributed by atoms with Crippen LogP contribution in [0.2, 0.25) is 0 Å². The molecule has 2 rings (SSSR count). The number of nitrogens with two attached hydrogens (primary N) is 1. The molecule has 30 heavy (non-hydrogen) atoms. The molecule has 2 fully saturated rings. The lowest BCUT2D eigenvalue weighted by molar-refractivity contribution is 0.159. The van der Waals surface area contributed by atoms with E-state index in [9.17, 15) is 0 Å². The number of nitrogens with one attached hydrogen (secondary N) is 2. The lowest BCUT2D eigenvalue weighted by atomic mass is 9.82. The second-order valence-electron chi connectivity index (χ2n) is 10.6. The molecule has 5 heteroatoms. The van der Waals surface area contributed by atoms with E-state index < -0.39 is 0 Å². The van der Waals surface area contributed by atoms with Gasteiger partial charge in [0.25, 0.3) is 0 Å². The fraction of sp³-hybridized carbons (Fsp3) is 1.00. The van der Waals surface area contributed by atoms with Crippen molar-refractivity contribution in [3.05, 3.63) is 0 Å². The summed E-state index contributed by atoms with van der Waals surface area (Å²) in [5.41, 5.74) is 5.88. The Bertz CT molecular complexity index is 412. The van der Waals surface area contributed by atoms with Crippen LogP contribution in [0, 0.1) is 11.8 Å². The van der Waals surface area contributed by atoms with Gasteiger partial charge in [0, 0.05) is 57.4 Å². The predicted octanol–water partition coefficient (Wildman–Crippen LogP) is 3.29. The Kier molecular flexibility index (Phi) is 12.8. The number of rotatable bonds is 14. The SMILES string of the molecule is CC(C)CCC1CCC(NCCN(CCN)CCNC2CCN(C(C)C)CC2)CC1. The van der Waals surface area contributed by atoms with Gasteiger partial charge < -0.3 is 21.3 Å². The first-order valence-corrected chi connectivity index (χ1v) is 13.1. The lowest BCUT2D eigenvalue weighted by Crippen LogP contribution is -2.47. The Morgan fingerprint density at radius 1 is 0.833 bits per heavy atom. The summed E-state index contributed by atoms with van der Waals surface area (Å²) in [6, 6.07) is 2.13. The smallest absolute Gasteiger partial charge is 0.0108 e. The van der Waals surface area contributed by atoms with E-state index in [1.165, 1.54) is 64.5 Å². The van der Waals surface area contributed by atoms with E-state index in [0.717, 1.165) is 57.1 Å². The van der Waals surface area contributed by atoms with Crippen LogP contribution in [0.5, 0.6) is 0 Å². The van der Waals surface area contributed by atoms with Crippen LogP contribution in [0.3, 0.4) is 0 Å². The number of piperidine rings is 1. The Morgan fingerprint density at radius 2 is 1.40 bits per heavy atom. The highest BCUT2D eigenvalue weighted by atomic mass is 15.2. The van der Waals surface area contributed by atoms with Crippen molar-refractivity contribution >= 4 is 0 Å². The minimum absolute atomic E-state index is 0.689. The largest absolute Gasteiger partial charge is 0.329 e. The Balaban J connectivity index is 1.54. The maximum absolute atomic E-state index is 5.88. The van der Waals surface area contributed by atoms with Crippen LogP contribution in [0.1, 0.15) is 79.1 Å². The molecule has 0 bridgehead atoms. The highest BCUT2D eigenvalue weighted by molar-refractivity contribution is 4.80. The van der Waals surface area contributed by atoms with Gasteiger partial charge in [0.05, 0.1) is 0 Å². The van der Waals surface area contributed by atoms with Crippen molar-refractivity contribution < 1.29 is 0 Å². The van der Waals surface area contributed by atoms with E-state index in [4.69, 9.17) is 5.73 Å². The van der Waals surface area contributed by atoms with Crippen molar-refractivity contribution in [1.29, 1.82) is 0 Å². The molecule has 0 spiro atoms. The summed E-state index contributed by atoms with van der Waals surface area (Å²) in [4.78, 5) is 5.14. The fourth-order valence-corrected chi connectivity index (χ4v) is 5.22. The zero-order valence-corrected chi connectivity index (χ0v) is 20.7. The van der Waals surface area contributed by atoms with Crippen LogP contribution in [-0.4, -0.2) is 80.3 Å². The maximum Gasteiger partial charge on any atom is 0.0108 e. The highest BCUT2D eigenvalue weighted by Gasteiger charge is 2.22. The molecule has 1 aliphatic carbocycles. The summed E-state index contributed by atoms with van der Waals surface area (Å²) in [5, 5.41) is 7.65. The number of likely N-dealkylation sites (tertiary alicyclic amines) is 1. The van der Waals surface area contributed by atoms with Gasteiger partial charge in [-0.25, -0.2) is 0 Å². The van der Waals surface area contributed by atoms with Crippen LogP contribution in [0.4, 0.5) is 0 Å². The quantitative estimate of drug-likeness (QED) is 0.400. The zero-order valence-electron chi connectivity index (χ0n) is 20.7. The van der Waals surface area contributed by atoms with E-state index in [2.05, 4.69) is 48.1 Å². The molecule has 1 heterocycles. The second-order valence-corrected chi connectivity index (χ2v) is 10.6. The average molecular weight is 424 g/mol. The van der Waals surface area contributed by atoms with E-state index in [1.807, 2.05) is 0 Å². The summed E-state index contributed by atoms with van der Waals surface area (Å²) in [5.74, 6) is 1.84. The molecule has 1 aliphatic heterocycles. The van der Waals surface area contributed by atoms with Crippen molar-refractivity contribution in [2.24, 2.45) is 17.6 Å². The first kappa shape index (κ1) is 26.1. The molecule has 4 N–H and O–H groups in total. The minimum Gasteiger partial charge on any atom is -0.329 e. The highest BCUT2D eigenvalue weighted by Crippen LogP contribution is 2.28. The first-order valence-electron chi connectivity index (χ1n) is 13.1. The number of nitrogens with zero attached hydrogens (tertiary/aromatic N) is 2. The van der Waals surface area contributed by atoms with Crippen molar-refractivity contribution in [2.75, 3.05) is 52.4 Å². The maximum atomic E-state index is 5.88. The van der Waals surface area contributed by atoms with Gasteiger partial charge in [-0.15, -0.1) is 0 Å². The van der Waals surface area contributed by atoms with Crippen LogP contribution in [0.25, 0.3) is 0 Å². The third-order valence-corrected chi connectivity index (χ3v) is 7.43. The van der Waals surface area contributed by atoms with Crippen molar-refractivity contribution in [3.8, 4) is 0 Å². The van der Waals surface area contributed by atoms with Crippen LogP contribution >= 0.6 is 0 Å². The summed E-state index contributed by atoms with van der Waals surface area (Å²) in [6.07, 6.45) is 11.0. The van der Waals surface area contributed by atoms with Gasteiger partial charge in [0.15, 0.2) is 0 Å². The third-order valence-electron chi connectivity index (χ3n) is 7.43. The predicted molar refractivity (Wildman–Crippen MR) is 131 cm³/mol. The van der Waals surface area contributed by atoms with Gasteiger partial charge in [-0.05, 0) is 77.3 Å². The van der Waals surface area contributed by atoms with Crippen LogP contribution < -0.4 is 16.4 Å². The van der Waals surface area contributed by atoms with Gasteiger partial charge in [-0.2, -0.15) is 0 Å². The van der Waals surface area contributed by atoms with Gasteiger partial charge >= 0.3 is 0 Å². The van der Waals surface area contributed by atoms with Crippen molar-refractivity contribution in [3.63, 3.8) is 0 Å². The monoisotopic (exact) mass is 423 g/mol. The van der Waals surface area contributed by atoms with Gasteiger partial charge in [0.1, 0.15) is 0 Å². The molecule has 0 aromatic heterocycles. The third kappa shape index (κ3) is 10.4. The zero-order chi connectivity index (χ0) is 21.8. The average Bonchev–Trinajstić information content (AvgIpc) is 2.73. The van der Waals surface area contributed by atoms with Crippen molar-refractivity contribution in [1.82, 2.24) is 20.4 Å².